The average Bonchev–Trinajstić information content (AvgIpc) is 1.33. The monoisotopic (exact) mass is 1290 g/mol. The van der Waals surface area contributed by atoms with Gasteiger partial charge in [0.15, 0.2) is 0 Å². The summed E-state index contributed by atoms with van der Waals surface area (Å²) in [4.78, 5) is 5.38. The molecule has 0 bridgehead atoms. The van der Waals surface area contributed by atoms with Gasteiger partial charge in [0.1, 0.15) is 22.3 Å². The summed E-state index contributed by atoms with van der Waals surface area (Å²) in [6.45, 7) is 6.87. The van der Waals surface area contributed by atoms with Crippen LogP contribution in [0, 0.1) is 0 Å². The van der Waals surface area contributed by atoms with E-state index in [1.54, 1.807) is 0 Å². The third kappa shape index (κ3) is 8.47. The molecule has 0 fully saturated rings. The molecule has 2 aliphatic rings. The van der Waals surface area contributed by atoms with Gasteiger partial charge in [0.25, 0.3) is 6.71 Å². The molecule has 19 aromatic rings. The van der Waals surface area contributed by atoms with E-state index in [1.165, 1.54) is 43.5 Å². The maximum Gasteiger partial charge on any atom is 0.252 e. The zero-order chi connectivity index (χ0) is 66.8. The molecular formula is C94H63BN4O2. The van der Waals surface area contributed by atoms with E-state index in [1.807, 2.05) is 0 Å². The van der Waals surface area contributed by atoms with Crippen LogP contribution >= 0.6 is 0 Å². The van der Waals surface area contributed by atoms with E-state index in [9.17, 15) is 0 Å². The maximum atomic E-state index is 6.82. The minimum atomic E-state index is -0.360. The Hall–Kier alpha value is -12.8. The van der Waals surface area contributed by atoms with Crippen molar-refractivity contribution < 1.29 is 8.83 Å². The van der Waals surface area contributed by atoms with E-state index >= 15 is 0 Å². The van der Waals surface area contributed by atoms with Crippen molar-refractivity contribution >= 4 is 145 Å². The molecule has 0 aliphatic carbocycles. The van der Waals surface area contributed by atoms with Crippen LogP contribution in [-0.2, 0) is 5.41 Å². The second-order valence-corrected chi connectivity index (χ2v) is 28.2. The summed E-state index contributed by atoms with van der Waals surface area (Å²) >= 11 is 0. The van der Waals surface area contributed by atoms with Crippen molar-refractivity contribution in [3.8, 4) is 55.9 Å². The molecule has 0 unspecified atom stereocenters. The SMILES string of the molecule is CC(C)(C)c1cc2c3c(c1)N(c1c(-c4ccccc4)cccc1-c1cccc4oc5ccccc5c14)c1cc(-n4c5ccccc5c5ccccc54)ccc1B3c1ccc(-n3c4ccccc4c4ccccc43)cc1N2c1c(-c2ccccc2)cccc1-c1cccc2oc3ccccc3c12. The molecular weight excluding hydrogens is 1230 g/mol. The van der Waals surface area contributed by atoms with Crippen LogP contribution < -0.4 is 26.2 Å². The smallest absolute Gasteiger partial charge is 0.252 e. The number of rotatable bonds is 8. The average molecular weight is 1290 g/mol. The molecule has 0 atom stereocenters. The van der Waals surface area contributed by atoms with Crippen LogP contribution in [0.4, 0.5) is 34.1 Å². The highest BCUT2D eigenvalue weighted by Gasteiger charge is 2.46. The normalized spacial score (nSPS) is 12.8. The van der Waals surface area contributed by atoms with Gasteiger partial charge in [-0.25, -0.2) is 0 Å². The predicted molar refractivity (Wildman–Crippen MR) is 424 cm³/mol. The number of benzene rings is 15. The van der Waals surface area contributed by atoms with Crippen LogP contribution in [0.2, 0.25) is 0 Å². The first-order valence-electron chi connectivity index (χ1n) is 35.0. The van der Waals surface area contributed by atoms with Gasteiger partial charge in [0.2, 0.25) is 0 Å². The third-order valence-corrected chi connectivity index (χ3v) is 21.7. The van der Waals surface area contributed by atoms with Gasteiger partial charge in [-0.2, -0.15) is 0 Å². The first kappa shape index (κ1) is 57.3. The summed E-state index contributed by atoms with van der Waals surface area (Å²) in [6.07, 6.45) is 0. The van der Waals surface area contributed by atoms with Crippen molar-refractivity contribution in [2.45, 2.75) is 26.2 Å². The molecule has 0 radical (unpaired) electrons. The van der Waals surface area contributed by atoms with Gasteiger partial charge in [-0.3, -0.25) is 0 Å². The van der Waals surface area contributed by atoms with Crippen molar-refractivity contribution in [1.82, 2.24) is 9.13 Å². The molecule has 21 rings (SSSR count). The van der Waals surface area contributed by atoms with Crippen LogP contribution in [0.3, 0.4) is 0 Å². The Kier molecular flexibility index (Phi) is 12.4. The minimum Gasteiger partial charge on any atom is -0.456 e. The fourth-order valence-corrected chi connectivity index (χ4v) is 17.3. The Morgan fingerprint density at radius 2 is 0.614 bits per heavy atom. The Bertz CT molecular complexity index is 6170. The zero-order valence-corrected chi connectivity index (χ0v) is 55.9. The zero-order valence-electron chi connectivity index (χ0n) is 55.9. The van der Waals surface area contributed by atoms with Gasteiger partial charge in [0, 0.05) is 99.5 Å². The second-order valence-electron chi connectivity index (χ2n) is 28.2. The lowest BCUT2D eigenvalue weighted by Gasteiger charge is -2.46. The van der Waals surface area contributed by atoms with Crippen molar-refractivity contribution in [3.63, 3.8) is 0 Å². The molecule has 474 valence electrons. The summed E-state index contributed by atoms with van der Waals surface area (Å²) in [7, 11) is 0. The van der Waals surface area contributed by atoms with Gasteiger partial charge in [0.05, 0.1) is 33.4 Å². The highest BCUT2D eigenvalue weighted by Crippen LogP contribution is 2.56. The molecule has 0 spiro atoms. The standard InChI is InChI=1S/C94H63BN4O2/c1-94(2,3)60-54-83-91-84(55-60)99(93-64(59-28-8-5-9-29-59)37-23-41-72(93)70-39-25-49-88-90(70)74-35-15-21-47-86(74)101-88)82-57-62(97-79-44-18-12-32-67(79)68-33-13-19-45-80(68)97)51-53-76(82)95(91)75-52-50-61(96-77-42-16-10-30-65(77)66-31-11-17-43-78(66)96)56-81(75)98(83)92-63(58-26-6-4-7-27-58)36-22-40-71(92)69-38-24-48-87-89(69)73-34-14-20-46-85(73)100-87/h4-57H,1-3H3. The predicted octanol–water partition coefficient (Wildman–Crippen LogP) is 23.7. The molecule has 6 heterocycles. The van der Waals surface area contributed by atoms with Crippen LogP contribution in [0.1, 0.15) is 26.3 Å². The largest absolute Gasteiger partial charge is 0.456 e. The maximum absolute atomic E-state index is 6.82. The van der Waals surface area contributed by atoms with E-state index in [2.05, 4.69) is 367 Å². The van der Waals surface area contributed by atoms with Crippen molar-refractivity contribution in [2.75, 3.05) is 9.80 Å². The van der Waals surface area contributed by atoms with Crippen molar-refractivity contribution in [1.29, 1.82) is 0 Å². The summed E-state index contributed by atoms with van der Waals surface area (Å²) in [5.74, 6) is 0. The Balaban J connectivity index is 0.944. The third-order valence-electron chi connectivity index (χ3n) is 21.7. The highest BCUT2D eigenvalue weighted by molar-refractivity contribution is 7.00. The first-order chi connectivity index (χ1) is 49.8. The van der Waals surface area contributed by atoms with E-state index in [4.69, 9.17) is 8.83 Å². The van der Waals surface area contributed by atoms with E-state index in [0.29, 0.717) is 0 Å². The van der Waals surface area contributed by atoms with E-state index < -0.39 is 0 Å². The topological polar surface area (TPSA) is 42.6 Å². The van der Waals surface area contributed by atoms with Crippen LogP contribution in [-0.4, -0.2) is 15.8 Å². The fraction of sp³-hybridized carbons (Fsp3) is 0.0426. The lowest BCUT2D eigenvalue weighted by atomic mass is 9.33. The summed E-state index contributed by atoms with van der Waals surface area (Å²) in [6, 6.07) is 122. The number of furan rings is 2. The molecule has 7 heteroatoms. The number of para-hydroxylation sites is 8. The van der Waals surface area contributed by atoms with Crippen LogP contribution in [0.25, 0.3) is 143 Å². The van der Waals surface area contributed by atoms with Gasteiger partial charge in [-0.15, -0.1) is 0 Å². The molecule has 4 aromatic heterocycles. The first-order valence-corrected chi connectivity index (χ1v) is 35.0. The molecule has 0 amide bonds. The number of aromatic nitrogens is 2. The highest BCUT2D eigenvalue weighted by atomic mass is 16.3. The summed E-state index contributed by atoms with van der Waals surface area (Å²) < 4.78 is 18.6. The van der Waals surface area contributed by atoms with Gasteiger partial charge in [-0.05, 0) is 135 Å². The van der Waals surface area contributed by atoms with Crippen molar-refractivity contribution in [3.05, 3.63) is 333 Å². The number of hydrogen-bond donors (Lipinski definition) is 0. The number of anilines is 6. The quantitative estimate of drug-likeness (QED) is 0.142. The summed E-state index contributed by atoms with van der Waals surface area (Å²) in [5, 5.41) is 9.18. The van der Waals surface area contributed by atoms with Gasteiger partial charge >= 0.3 is 0 Å². The molecule has 15 aromatic carbocycles. The lowest BCUT2D eigenvalue weighted by molar-refractivity contribution is 0.590. The number of hydrogen-bond acceptors (Lipinski definition) is 4. The minimum absolute atomic E-state index is 0.270. The molecule has 2 aliphatic heterocycles. The lowest BCUT2D eigenvalue weighted by Crippen LogP contribution is -2.61. The van der Waals surface area contributed by atoms with Gasteiger partial charge < -0.3 is 27.8 Å². The summed E-state index contributed by atoms with van der Waals surface area (Å²) in [5.41, 5.74) is 30.0. The fourth-order valence-electron chi connectivity index (χ4n) is 17.3. The molecule has 101 heavy (non-hydrogen) atoms. The Labute approximate surface area is 584 Å². The Morgan fingerprint density at radius 3 is 1.02 bits per heavy atom. The Morgan fingerprint density at radius 1 is 0.277 bits per heavy atom. The molecule has 6 nitrogen and oxygen atoms in total. The molecule has 0 saturated carbocycles. The number of nitrogens with zero attached hydrogens (tertiary/aromatic N) is 4. The molecule has 0 saturated heterocycles. The van der Waals surface area contributed by atoms with E-state index in [-0.39, 0.29) is 12.1 Å². The van der Waals surface area contributed by atoms with Crippen molar-refractivity contribution in [2.24, 2.45) is 0 Å². The number of fused-ring (bicyclic) bond motifs is 16. The van der Waals surface area contributed by atoms with Crippen LogP contribution in [0.15, 0.2) is 336 Å². The van der Waals surface area contributed by atoms with Crippen LogP contribution in [0.5, 0.6) is 0 Å². The van der Waals surface area contributed by atoms with Gasteiger partial charge in [-0.1, -0.05) is 263 Å². The second kappa shape index (κ2) is 21.8. The van der Waals surface area contributed by atoms with E-state index in [0.717, 1.165) is 156 Å². The molecule has 0 N–H and O–H groups in total.